The van der Waals surface area contributed by atoms with E-state index in [1.54, 1.807) is 13.0 Å². The molecule has 0 spiro atoms. The number of halogens is 2. The minimum Gasteiger partial charge on any atom is -0.478 e. The van der Waals surface area contributed by atoms with Crippen molar-refractivity contribution in [2.45, 2.75) is 6.92 Å². The molecule has 0 aliphatic rings. The summed E-state index contributed by atoms with van der Waals surface area (Å²) in [6.45, 7) is 1.74. The molecule has 0 atom stereocenters. The van der Waals surface area contributed by atoms with Crippen molar-refractivity contribution < 1.29 is 23.4 Å². The summed E-state index contributed by atoms with van der Waals surface area (Å²) >= 11 is 0. The fourth-order valence-corrected chi connectivity index (χ4v) is 1.57. The Morgan fingerprint density at radius 1 is 1.11 bits per heavy atom. The van der Waals surface area contributed by atoms with Crippen LogP contribution in [0.1, 0.15) is 15.9 Å². The normalized spacial score (nSPS) is 10.3. The molecule has 1 N–H and O–H groups in total. The van der Waals surface area contributed by atoms with Gasteiger partial charge in [0.1, 0.15) is 17.1 Å². The number of benzene rings is 2. The number of carbonyl (C=O) groups is 1. The Kier molecular flexibility index (Phi) is 3.46. The molecule has 2 aromatic rings. The van der Waals surface area contributed by atoms with Crippen LogP contribution < -0.4 is 4.74 Å². The summed E-state index contributed by atoms with van der Waals surface area (Å²) in [5.74, 6) is -3.09. The maximum absolute atomic E-state index is 13.0. The summed E-state index contributed by atoms with van der Waals surface area (Å²) in [7, 11) is 0. The van der Waals surface area contributed by atoms with E-state index in [2.05, 4.69) is 0 Å². The van der Waals surface area contributed by atoms with Crippen molar-refractivity contribution in [3.8, 4) is 11.5 Å². The molecule has 0 amide bonds. The summed E-state index contributed by atoms with van der Waals surface area (Å²) < 4.78 is 31.1. The molecule has 0 saturated carbocycles. The summed E-state index contributed by atoms with van der Waals surface area (Å²) in [6.07, 6.45) is 0. The first-order chi connectivity index (χ1) is 8.97. The number of ether oxygens (including phenoxy) is 1. The molecule has 0 heterocycles. The number of rotatable bonds is 3. The lowest BCUT2D eigenvalue weighted by molar-refractivity contribution is 0.0694. The molecule has 98 valence electrons. The zero-order valence-electron chi connectivity index (χ0n) is 9.98. The zero-order valence-corrected chi connectivity index (χ0v) is 9.98. The van der Waals surface area contributed by atoms with Crippen LogP contribution in [-0.2, 0) is 0 Å². The van der Waals surface area contributed by atoms with Crippen LogP contribution in [0.25, 0.3) is 0 Å². The molecule has 2 aromatic carbocycles. The highest BCUT2D eigenvalue weighted by Crippen LogP contribution is 2.27. The number of aromatic carboxylic acids is 1. The second-order valence-corrected chi connectivity index (χ2v) is 3.98. The topological polar surface area (TPSA) is 46.5 Å². The van der Waals surface area contributed by atoms with E-state index in [9.17, 15) is 13.6 Å². The Bertz CT molecular complexity index is 639. The van der Waals surface area contributed by atoms with Crippen molar-refractivity contribution in [1.29, 1.82) is 0 Å². The van der Waals surface area contributed by atoms with Gasteiger partial charge in [0.05, 0.1) is 0 Å². The van der Waals surface area contributed by atoms with Crippen molar-refractivity contribution >= 4 is 5.97 Å². The van der Waals surface area contributed by atoms with Crippen LogP contribution in [0.15, 0.2) is 36.4 Å². The molecule has 0 aliphatic carbocycles. The quantitative estimate of drug-likeness (QED) is 0.918. The van der Waals surface area contributed by atoms with Crippen LogP contribution in [0.5, 0.6) is 11.5 Å². The van der Waals surface area contributed by atoms with Gasteiger partial charge in [-0.25, -0.2) is 13.6 Å². The lowest BCUT2D eigenvalue weighted by atomic mass is 10.1. The molecule has 3 nitrogen and oxygen atoms in total. The molecule has 5 heteroatoms. The van der Waals surface area contributed by atoms with E-state index in [1.165, 1.54) is 18.2 Å². The maximum atomic E-state index is 13.0. The van der Waals surface area contributed by atoms with Gasteiger partial charge in [0.2, 0.25) is 0 Å². The smallest absolute Gasteiger partial charge is 0.339 e. The molecule has 0 unspecified atom stereocenters. The van der Waals surface area contributed by atoms with Gasteiger partial charge in [0, 0.05) is 6.07 Å². The fourth-order valence-electron chi connectivity index (χ4n) is 1.57. The van der Waals surface area contributed by atoms with E-state index >= 15 is 0 Å². The molecule has 0 aliphatic heterocycles. The molecule has 0 aromatic heterocycles. The molecule has 0 saturated heterocycles. The van der Waals surface area contributed by atoms with E-state index in [-0.39, 0.29) is 17.1 Å². The molecular formula is C14H10F2O3. The maximum Gasteiger partial charge on any atom is 0.339 e. The third-order valence-electron chi connectivity index (χ3n) is 2.48. The molecule has 19 heavy (non-hydrogen) atoms. The first kappa shape index (κ1) is 13.0. The van der Waals surface area contributed by atoms with Gasteiger partial charge in [-0.05, 0) is 31.2 Å². The highest BCUT2D eigenvalue weighted by Gasteiger charge is 2.13. The highest BCUT2D eigenvalue weighted by atomic mass is 19.2. The Hall–Kier alpha value is -2.43. The Balaban J connectivity index is 2.37. The van der Waals surface area contributed by atoms with Gasteiger partial charge in [-0.15, -0.1) is 0 Å². The minimum atomic E-state index is -1.15. The van der Waals surface area contributed by atoms with Gasteiger partial charge in [-0.2, -0.15) is 0 Å². The van der Waals surface area contributed by atoms with E-state index in [0.717, 1.165) is 17.7 Å². The van der Waals surface area contributed by atoms with E-state index in [1.807, 2.05) is 0 Å². The van der Waals surface area contributed by atoms with Crippen molar-refractivity contribution in [2.24, 2.45) is 0 Å². The van der Waals surface area contributed by atoms with E-state index in [4.69, 9.17) is 9.84 Å². The van der Waals surface area contributed by atoms with Crippen LogP contribution in [0, 0.1) is 18.6 Å². The van der Waals surface area contributed by atoms with Gasteiger partial charge < -0.3 is 9.84 Å². The van der Waals surface area contributed by atoms with Crippen molar-refractivity contribution in [2.75, 3.05) is 0 Å². The van der Waals surface area contributed by atoms with Gasteiger partial charge in [0.15, 0.2) is 11.6 Å². The molecule has 0 bridgehead atoms. The number of aryl methyl sites for hydroxylation is 1. The SMILES string of the molecule is Cc1ccc(Oc2ccc(F)c(F)c2)c(C(=O)O)c1. The number of carboxylic acids is 1. The van der Waals surface area contributed by atoms with Gasteiger partial charge in [0.25, 0.3) is 0 Å². The predicted octanol–water partition coefficient (Wildman–Crippen LogP) is 3.76. The standard InChI is InChI=1S/C14H10F2O3/c1-8-2-5-13(10(6-8)14(17)18)19-9-3-4-11(15)12(16)7-9/h2-7H,1H3,(H,17,18). The lowest BCUT2D eigenvalue weighted by Gasteiger charge is -2.09. The van der Waals surface area contributed by atoms with Crippen molar-refractivity contribution in [1.82, 2.24) is 0 Å². The number of carboxylic acid groups (broad SMARTS) is 1. The van der Waals surface area contributed by atoms with Gasteiger partial charge >= 0.3 is 5.97 Å². The lowest BCUT2D eigenvalue weighted by Crippen LogP contribution is -2.00. The first-order valence-electron chi connectivity index (χ1n) is 5.44. The highest BCUT2D eigenvalue weighted by molar-refractivity contribution is 5.91. The predicted molar refractivity (Wildman–Crippen MR) is 64.6 cm³/mol. The average molecular weight is 264 g/mol. The Morgan fingerprint density at radius 3 is 2.47 bits per heavy atom. The zero-order chi connectivity index (χ0) is 14.0. The third-order valence-corrected chi connectivity index (χ3v) is 2.48. The monoisotopic (exact) mass is 264 g/mol. The van der Waals surface area contributed by atoms with Gasteiger partial charge in [-0.1, -0.05) is 11.6 Å². The molecule has 2 rings (SSSR count). The van der Waals surface area contributed by atoms with Crippen LogP contribution in [-0.4, -0.2) is 11.1 Å². The van der Waals surface area contributed by atoms with E-state index < -0.39 is 17.6 Å². The van der Waals surface area contributed by atoms with Crippen molar-refractivity contribution in [3.05, 3.63) is 59.2 Å². The van der Waals surface area contributed by atoms with E-state index in [0.29, 0.717) is 0 Å². The summed E-state index contributed by atoms with van der Waals surface area (Å²) in [6, 6.07) is 7.59. The Labute approximate surface area is 108 Å². The number of hydrogen-bond donors (Lipinski definition) is 1. The second-order valence-electron chi connectivity index (χ2n) is 3.98. The minimum absolute atomic E-state index is 0.0326. The summed E-state index contributed by atoms with van der Waals surface area (Å²) in [4.78, 5) is 11.1. The van der Waals surface area contributed by atoms with Crippen LogP contribution in [0.2, 0.25) is 0 Å². The summed E-state index contributed by atoms with van der Waals surface area (Å²) in [5, 5.41) is 9.05. The fraction of sp³-hybridized carbons (Fsp3) is 0.0714. The van der Waals surface area contributed by atoms with Crippen LogP contribution in [0.4, 0.5) is 8.78 Å². The Morgan fingerprint density at radius 2 is 1.84 bits per heavy atom. The molecular weight excluding hydrogens is 254 g/mol. The van der Waals surface area contributed by atoms with Gasteiger partial charge in [-0.3, -0.25) is 0 Å². The van der Waals surface area contributed by atoms with Crippen LogP contribution in [0.3, 0.4) is 0 Å². The number of hydrogen-bond acceptors (Lipinski definition) is 2. The van der Waals surface area contributed by atoms with Crippen molar-refractivity contribution in [3.63, 3.8) is 0 Å². The van der Waals surface area contributed by atoms with Crippen LogP contribution >= 0.6 is 0 Å². The molecule has 0 radical (unpaired) electrons. The summed E-state index contributed by atoms with van der Waals surface area (Å²) in [5.41, 5.74) is 0.722. The average Bonchev–Trinajstić information content (AvgIpc) is 2.36. The largest absolute Gasteiger partial charge is 0.478 e. The first-order valence-corrected chi connectivity index (χ1v) is 5.44. The molecule has 0 fully saturated rings. The second kappa shape index (κ2) is 5.06. The third kappa shape index (κ3) is 2.88.